The number of sulfonamides is 1. The SMILES string of the molecule is CCn1c(COC(=O)c2nn(CCO)c(=O)c3ccccc23)nc2cc(S(=O)(=O)N(C)C)ccc21. The lowest BCUT2D eigenvalue weighted by molar-refractivity contribution is 0.0451. The standard InChI is InChI=1S/C23H25N5O6S/c1-4-27-19-10-9-15(35(32,33)26(2)3)13-18(19)24-20(27)14-34-23(31)21-16-7-5-6-8-17(16)22(30)28(25-21)11-12-29/h5-10,13,29H,4,11-12,14H2,1-3H3. The maximum atomic E-state index is 13.0. The molecule has 11 nitrogen and oxygen atoms in total. The van der Waals surface area contributed by atoms with Gasteiger partial charge in [0.15, 0.2) is 5.69 Å². The molecule has 0 saturated heterocycles. The Bertz CT molecular complexity index is 1590. The number of benzene rings is 2. The third-order valence-electron chi connectivity index (χ3n) is 5.60. The number of aliphatic hydroxyl groups is 1. The van der Waals surface area contributed by atoms with Gasteiger partial charge < -0.3 is 14.4 Å². The Balaban J connectivity index is 1.68. The van der Waals surface area contributed by atoms with Crippen LogP contribution in [0.3, 0.4) is 0 Å². The lowest BCUT2D eigenvalue weighted by Gasteiger charge is -2.11. The van der Waals surface area contributed by atoms with Gasteiger partial charge in [-0.05, 0) is 31.2 Å². The van der Waals surface area contributed by atoms with E-state index >= 15 is 0 Å². The topological polar surface area (TPSA) is 137 Å². The molecule has 4 aromatic rings. The number of esters is 1. The summed E-state index contributed by atoms with van der Waals surface area (Å²) in [7, 11) is -0.719. The van der Waals surface area contributed by atoms with E-state index in [9.17, 15) is 23.1 Å². The zero-order valence-electron chi connectivity index (χ0n) is 19.5. The van der Waals surface area contributed by atoms with Gasteiger partial charge >= 0.3 is 5.97 Å². The molecule has 0 atom stereocenters. The summed E-state index contributed by atoms with van der Waals surface area (Å²) in [5, 5.41) is 14.0. The lowest BCUT2D eigenvalue weighted by Crippen LogP contribution is -2.27. The van der Waals surface area contributed by atoms with Crippen molar-refractivity contribution in [3.05, 3.63) is 64.3 Å². The van der Waals surface area contributed by atoms with Crippen LogP contribution >= 0.6 is 0 Å². The van der Waals surface area contributed by atoms with Gasteiger partial charge in [0.25, 0.3) is 5.56 Å². The number of ether oxygens (including phenoxy) is 1. The van der Waals surface area contributed by atoms with E-state index < -0.39 is 21.6 Å². The number of hydrogen-bond donors (Lipinski definition) is 1. The van der Waals surface area contributed by atoms with Crippen LogP contribution in [0.4, 0.5) is 0 Å². The van der Waals surface area contributed by atoms with Crippen molar-refractivity contribution in [3.63, 3.8) is 0 Å². The number of carbonyl (C=O) groups excluding carboxylic acids is 1. The van der Waals surface area contributed by atoms with Crippen LogP contribution < -0.4 is 5.56 Å². The average molecular weight is 500 g/mol. The Kier molecular flexibility index (Phi) is 6.70. The monoisotopic (exact) mass is 499 g/mol. The molecule has 0 bridgehead atoms. The molecule has 12 heteroatoms. The second kappa shape index (κ2) is 9.56. The predicted octanol–water partition coefficient (Wildman–Crippen LogP) is 1.37. The van der Waals surface area contributed by atoms with E-state index in [2.05, 4.69) is 10.1 Å². The first-order valence-corrected chi connectivity index (χ1v) is 12.3. The highest BCUT2D eigenvalue weighted by atomic mass is 32.2. The Morgan fingerprint density at radius 2 is 1.86 bits per heavy atom. The molecule has 0 aliphatic rings. The van der Waals surface area contributed by atoms with Gasteiger partial charge in [-0.1, -0.05) is 18.2 Å². The van der Waals surface area contributed by atoms with Gasteiger partial charge in [0.05, 0.1) is 34.5 Å². The molecule has 0 radical (unpaired) electrons. The molecule has 0 fully saturated rings. The van der Waals surface area contributed by atoms with Gasteiger partial charge in [0.2, 0.25) is 10.0 Å². The van der Waals surface area contributed by atoms with E-state index in [1.807, 2.05) is 11.5 Å². The first kappa shape index (κ1) is 24.5. The third kappa shape index (κ3) is 4.43. The van der Waals surface area contributed by atoms with Crippen LogP contribution in [-0.2, 0) is 34.5 Å². The van der Waals surface area contributed by atoms with E-state index in [4.69, 9.17) is 4.74 Å². The minimum absolute atomic E-state index is 0.0489. The molecule has 0 aliphatic carbocycles. The lowest BCUT2D eigenvalue weighted by atomic mass is 10.1. The van der Waals surface area contributed by atoms with Gasteiger partial charge in [0, 0.05) is 26.0 Å². The summed E-state index contributed by atoms with van der Waals surface area (Å²) in [6.45, 7) is 1.86. The van der Waals surface area contributed by atoms with E-state index in [0.717, 1.165) is 8.99 Å². The normalized spacial score (nSPS) is 12.0. The first-order valence-electron chi connectivity index (χ1n) is 10.9. The van der Waals surface area contributed by atoms with Crippen molar-refractivity contribution in [2.75, 3.05) is 20.7 Å². The van der Waals surface area contributed by atoms with Crippen LogP contribution in [0.1, 0.15) is 23.2 Å². The van der Waals surface area contributed by atoms with Crippen molar-refractivity contribution in [3.8, 4) is 0 Å². The second-order valence-electron chi connectivity index (χ2n) is 7.93. The Morgan fingerprint density at radius 3 is 2.51 bits per heavy atom. The Labute approximate surface area is 201 Å². The zero-order valence-corrected chi connectivity index (χ0v) is 20.3. The van der Waals surface area contributed by atoms with Crippen molar-refractivity contribution in [2.24, 2.45) is 0 Å². The van der Waals surface area contributed by atoms with Gasteiger partial charge in [0.1, 0.15) is 12.4 Å². The molecule has 1 N–H and O–H groups in total. The molecular weight excluding hydrogens is 474 g/mol. The number of aliphatic hydroxyl groups excluding tert-OH is 1. The van der Waals surface area contributed by atoms with Crippen molar-refractivity contribution in [1.82, 2.24) is 23.6 Å². The molecule has 0 aliphatic heterocycles. The number of carbonyl (C=O) groups is 1. The largest absolute Gasteiger partial charge is 0.453 e. The molecule has 4 rings (SSSR count). The van der Waals surface area contributed by atoms with Crippen LogP contribution in [0.25, 0.3) is 21.8 Å². The third-order valence-corrected chi connectivity index (χ3v) is 7.41. The molecule has 0 unspecified atom stereocenters. The minimum Gasteiger partial charge on any atom is -0.453 e. The van der Waals surface area contributed by atoms with Crippen LogP contribution in [0.15, 0.2) is 52.2 Å². The molecule has 2 heterocycles. The number of imidazole rings is 1. The van der Waals surface area contributed by atoms with Crippen LogP contribution in [0, 0.1) is 0 Å². The number of hydrogen-bond acceptors (Lipinski definition) is 8. The molecule has 0 amide bonds. The first-order chi connectivity index (χ1) is 16.7. The van der Waals surface area contributed by atoms with Gasteiger partial charge in [-0.2, -0.15) is 5.10 Å². The molecule has 0 spiro atoms. The number of rotatable bonds is 8. The smallest absolute Gasteiger partial charge is 0.359 e. The fraction of sp³-hybridized carbons (Fsp3) is 0.304. The van der Waals surface area contributed by atoms with E-state index in [0.29, 0.717) is 34.2 Å². The predicted molar refractivity (Wildman–Crippen MR) is 128 cm³/mol. The summed E-state index contributed by atoms with van der Waals surface area (Å²) in [5.41, 5.74) is 0.701. The van der Waals surface area contributed by atoms with Crippen LogP contribution in [0.2, 0.25) is 0 Å². The van der Waals surface area contributed by atoms with Gasteiger partial charge in [-0.15, -0.1) is 0 Å². The fourth-order valence-corrected chi connectivity index (χ4v) is 4.75. The zero-order chi connectivity index (χ0) is 25.3. The highest BCUT2D eigenvalue weighted by Crippen LogP contribution is 2.23. The van der Waals surface area contributed by atoms with Crippen molar-refractivity contribution in [2.45, 2.75) is 31.5 Å². The number of aryl methyl sites for hydroxylation is 1. The molecular formula is C23H25N5O6S. The van der Waals surface area contributed by atoms with E-state index in [1.54, 1.807) is 30.3 Å². The van der Waals surface area contributed by atoms with Crippen molar-refractivity contribution in [1.29, 1.82) is 0 Å². The number of aromatic nitrogens is 4. The molecule has 2 aromatic heterocycles. The highest BCUT2D eigenvalue weighted by Gasteiger charge is 2.21. The summed E-state index contributed by atoms with van der Waals surface area (Å²) in [4.78, 5) is 30.2. The summed E-state index contributed by atoms with van der Waals surface area (Å²) >= 11 is 0. The molecule has 0 saturated carbocycles. The van der Waals surface area contributed by atoms with Gasteiger partial charge in [-0.3, -0.25) is 4.79 Å². The number of nitrogens with zero attached hydrogens (tertiary/aromatic N) is 5. The van der Waals surface area contributed by atoms with Crippen LogP contribution in [0.5, 0.6) is 0 Å². The summed E-state index contributed by atoms with van der Waals surface area (Å²) in [5.74, 6) is -0.318. The molecule has 35 heavy (non-hydrogen) atoms. The van der Waals surface area contributed by atoms with Crippen LogP contribution in [-0.4, -0.2) is 63.8 Å². The minimum atomic E-state index is -3.63. The Hall–Kier alpha value is -3.61. The van der Waals surface area contributed by atoms with E-state index in [-0.39, 0.29) is 30.3 Å². The maximum Gasteiger partial charge on any atom is 0.359 e. The molecule has 184 valence electrons. The van der Waals surface area contributed by atoms with Crippen molar-refractivity contribution < 1.29 is 23.1 Å². The highest BCUT2D eigenvalue weighted by molar-refractivity contribution is 7.89. The fourth-order valence-electron chi connectivity index (χ4n) is 3.82. The summed E-state index contributed by atoms with van der Waals surface area (Å²) < 4.78 is 34.5. The summed E-state index contributed by atoms with van der Waals surface area (Å²) in [6, 6.07) is 11.2. The van der Waals surface area contributed by atoms with E-state index in [1.165, 1.54) is 26.2 Å². The second-order valence-corrected chi connectivity index (χ2v) is 10.1. The summed E-state index contributed by atoms with van der Waals surface area (Å²) in [6.07, 6.45) is 0. The molecule has 2 aromatic carbocycles. The Morgan fingerprint density at radius 1 is 1.14 bits per heavy atom. The quantitative estimate of drug-likeness (QED) is 0.359. The maximum absolute atomic E-state index is 13.0. The van der Waals surface area contributed by atoms with Crippen molar-refractivity contribution >= 4 is 37.8 Å². The number of fused-ring (bicyclic) bond motifs is 2. The average Bonchev–Trinajstić information content (AvgIpc) is 3.21. The van der Waals surface area contributed by atoms with Gasteiger partial charge in [-0.25, -0.2) is 27.2 Å².